The van der Waals surface area contributed by atoms with Crippen LogP contribution in [-0.4, -0.2) is 29.9 Å². The molecule has 0 bridgehead atoms. The van der Waals surface area contributed by atoms with Crippen LogP contribution in [0.2, 0.25) is 0 Å². The van der Waals surface area contributed by atoms with E-state index in [4.69, 9.17) is 5.73 Å². The molecule has 1 aliphatic rings. The number of halogens is 1. The first-order valence-electron chi connectivity index (χ1n) is 4.67. The topological polar surface area (TPSA) is 46.3 Å². The smallest absolute Gasteiger partial charge is 0.239 e. The molecule has 0 aromatic carbocycles. The maximum atomic E-state index is 11.6. The van der Waals surface area contributed by atoms with E-state index in [0.717, 1.165) is 25.9 Å². The van der Waals surface area contributed by atoms with Crippen molar-refractivity contribution in [3.8, 4) is 0 Å². The normalized spacial score (nSPS) is 18.6. The zero-order valence-corrected chi connectivity index (χ0v) is 9.14. The van der Waals surface area contributed by atoms with Crippen LogP contribution in [0.15, 0.2) is 0 Å². The SMILES string of the molecule is CC(C)[C@H](N)C(=O)N1CCCC1.Cl. The molecule has 1 fully saturated rings. The molecule has 1 atom stereocenters. The molecule has 1 aliphatic heterocycles. The van der Waals surface area contributed by atoms with Gasteiger partial charge in [0.1, 0.15) is 0 Å². The van der Waals surface area contributed by atoms with Gasteiger partial charge in [-0.15, -0.1) is 12.4 Å². The summed E-state index contributed by atoms with van der Waals surface area (Å²) in [4.78, 5) is 13.5. The number of rotatable bonds is 2. The highest BCUT2D eigenvalue weighted by atomic mass is 35.5. The Morgan fingerprint density at radius 3 is 2.15 bits per heavy atom. The molecule has 0 aliphatic carbocycles. The summed E-state index contributed by atoms with van der Waals surface area (Å²) in [5.41, 5.74) is 5.75. The summed E-state index contributed by atoms with van der Waals surface area (Å²) >= 11 is 0. The van der Waals surface area contributed by atoms with Gasteiger partial charge >= 0.3 is 0 Å². The quantitative estimate of drug-likeness (QED) is 0.733. The van der Waals surface area contributed by atoms with E-state index in [2.05, 4.69) is 0 Å². The fraction of sp³-hybridized carbons (Fsp3) is 0.889. The monoisotopic (exact) mass is 206 g/mol. The number of nitrogens with two attached hydrogens (primary N) is 1. The molecule has 1 heterocycles. The second-order valence-electron chi connectivity index (χ2n) is 3.80. The van der Waals surface area contributed by atoms with E-state index in [1.165, 1.54) is 0 Å². The Labute approximate surface area is 86.1 Å². The molecule has 0 saturated carbocycles. The molecule has 0 spiro atoms. The van der Waals surface area contributed by atoms with Gasteiger partial charge in [-0.2, -0.15) is 0 Å². The Morgan fingerprint density at radius 2 is 1.77 bits per heavy atom. The van der Waals surface area contributed by atoms with Gasteiger partial charge in [0.15, 0.2) is 0 Å². The first kappa shape index (κ1) is 12.7. The fourth-order valence-electron chi connectivity index (χ4n) is 1.43. The van der Waals surface area contributed by atoms with Crippen LogP contribution in [0.4, 0.5) is 0 Å². The van der Waals surface area contributed by atoms with Gasteiger partial charge in [0.25, 0.3) is 0 Å². The lowest BCUT2D eigenvalue weighted by Gasteiger charge is -2.22. The number of hydrogen-bond acceptors (Lipinski definition) is 2. The van der Waals surface area contributed by atoms with Crippen molar-refractivity contribution >= 4 is 18.3 Å². The zero-order chi connectivity index (χ0) is 9.14. The van der Waals surface area contributed by atoms with Gasteiger partial charge in [-0.05, 0) is 18.8 Å². The van der Waals surface area contributed by atoms with Crippen LogP contribution in [-0.2, 0) is 4.79 Å². The Morgan fingerprint density at radius 1 is 1.31 bits per heavy atom. The molecule has 3 nitrogen and oxygen atoms in total. The lowest BCUT2D eigenvalue weighted by atomic mass is 10.0. The van der Waals surface area contributed by atoms with E-state index in [-0.39, 0.29) is 30.3 Å². The number of likely N-dealkylation sites (tertiary alicyclic amines) is 1. The van der Waals surface area contributed by atoms with E-state index >= 15 is 0 Å². The third-order valence-electron chi connectivity index (χ3n) is 2.42. The van der Waals surface area contributed by atoms with E-state index < -0.39 is 0 Å². The standard InChI is InChI=1S/C9H18N2O.ClH/c1-7(2)8(10)9(12)11-5-3-4-6-11;/h7-8H,3-6,10H2,1-2H3;1H/t8-;/m0./s1. The van der Waals surface area contributed by atoms with Crippen LogP contribution in [0.25, 0.3) is 0 Å². The molecule has 1 rings (SSSR count). The van der Waals surface area contributed by atoms with E-state index in [1.54, 1.807) is 0 Å². The van der Waals surface area contributed by atoms with Crippen molar-refractivity contribution in [1.82, 2.24) is 4.90 Å². The maximum Gasteiger partial charge on any atom is 0.239 e. The summed E-state index contributed by atoms with van der Waals surface area (Å²) < 4.78 is 0. The lowest BCUT2D eigenvalue weighted by Crippen LogP contribution is -2.45. The van der Waals surface area contributed by atoms with Gasteiger partial charge in [-0.1, -0.05) is 13.8 Å². The number of carbonyl (C=O) groups excluding carboxylic acids is 1. The van der Waals surface area contributed by atoms with Crippen molar-refractivity contribution in [2.45, 2.75) is 32.7 Å². The number of amides is 1. The molecular weight excluding hydrogens is 188 g/mol. The fourth-order valence-corrected chi connectivity index (χ4v) is 1.43. The maximum absolute atomic E-state index is 11.6. The second kappa shape index (κ2) is 5.45. The molecule has 0 aromatic heterocycles. The summed E-state index contributed by atoms with van der Waals surface area (Å²) in [5, 5.41) is 0. The van der Waals surface area contributed by atoms with Crippen LogP contribution < -0.4 is 5.73 Å². The molecule has 0 aromatic rings. The van der Waals surface area contributed by atoms with Crippen molar-refractivity contribution in [2.75, 3.05) is 13.1 Å². The van der Waals surface area contributed by atoms with Crippen molar-refractivity contribution in [2.24, 2.45) is 11.7 Å². The summed E-state index contributed by atoms with van der Waals surface area (Å²) in [5.74, 6) is 0.376. The highest BCUT2D eigenvalue weighted by Crippen LogP contribution is 2.11. The minimum absolute atomic E-state index is 0. The molecule has 2 N–H and O–H groups in total. The van der Waals surface area contributed by atoms with E-state index in [9.17, 15) is 4.79 Å². The van der Waals surface area contributed by atoms with Gasteiger partial charge < -0.3 is 10.6 Å². The average Bonchev–Trinajstić information content (AvgIpc) is 2.53. The van der Waals surface area contributed by atoms with Gasteiger partial charge in [-0.25, -0.2) is 0 Å². The van der Waals surface area contributed by atoms with E-state index in [0.29, 0.717) is 0 Å². The van der Waals surface area contributed by atoms with Gasteiger partial charge in [-0.3, -0.25) is 4.79 Å². The highest BCUT2D eigenvalue weighted by Gasteiger charge is 2.25. The minimum Gasteiger partial charge on any atom is -0.341 e. The predicted molar refractivity (Wildman–Crippen MR) is 55.9 cm³/mol. The molecular formula is C9H19ClN2O. The van der Waals surface area contributed by atoms with Gasteiger partial charge in [0, 0.05) is 13.1 Å². The highest BCUT2D eigenvalue weighted by molar-refractivity contribution is 5.85. The van der Waals surface area contributed by atoms with E-state index in [1.807, 2.05) is 18.7 Å². The summed E-state index contributed by atoms with van der Waals surface area (Å²) in [6, 6.07) is -0.303. The van der Waals surface area contributed by atoms with Gasteiger partial charge in [0.2, 0.25) is 5.91 Å². The molecule has 13 heavy (non-hydrogen) atoms. The third kappa shape index (κ3) is 3.16. The summed E-state index contributed by atoms with van der Waals surface area (Å²) in [6.07, 6.45) is 2.27. The Hall–Kier alpha value is -0.280. The van der Waals surface area contributed by atoms with Crippen LogP contribution >= 0.6 is 12.4 Å². The van der Waals surface area contributed by atoms with Crippen LogP contribution in [0, 0.1) is 5.92 Å². The van der Waals surface area contributed by atoms with Crippen LogP contribution in [0.3, 0.4) is 0 Å². The summed E-state index contributed by atoms with van der Waals surface area (Å²) in [7, 11) is 0. The van der Waals surface area contributed by atoms with Crippen LogP contribution in [0.5, 0.6) is 0 Å². The van der Waals surface area contributed by atoms with Crippen molar-refractivity contribution < 1.29 is 4.79 Å². The Bertz CT molecular complexity index is 163. The third-order valence-corrected chi connectivity index (χ3v) is 2.42. The molecule has 1 saturated heterocycles. The largest absolute Gasteiger partial charge is 0.341 e. The van der Waals surface area contributed by atoms with Crippen molar-refractivity contribution in [3.05, 3.63) is 0 Å². The summed E-state index contributed by atoms with van der Waals surface area (Å²) in [6.45, 7) is 5.77. The predicted octanol–water partition coefficient (Wildman–Crippen LogP) is 1.01. The number of nitrogens with zero attached hydrogens (tertiary/aromatic N) is 1. The van der Waals surface area contributed by atoms with Crippen molar-refractivity contribution in [3.63, 3.8) is 0 Å². The zero-order valence-electron chi connectivity index (χ0n) is 8.32. The van der Waals surface area contributed by atoms with Crippen LogP contribution in [0.1, 0.15) is 26.7 Å². The van der Waals surface area contributed by atoms with Crippen molar-refractivity contribution in [1.29, 1.82) is 0 Å². The lowest BCUT2D eigenvalue weighted by molar-refractivity contribution is -0.132. The van der Waals surface area contributed by atoms with Gasteiger partial charge in [0.05, 0.1) is 6.04 Å². The molecule has 0 unspecified atom stereocenters. The first-order valence-corrected chi connectivity index (χ1v) is 4.67. The molecule has 1 amide bonds. The average molecular weight is 207 g/mol. The molecule has 4 heteroatoms. The molecule has 0 radical (unpaired) electrons. The first-order chi connectivity index (χ1) is 5.63. The second-order valence-corrected chi connectivity index (χ2v) is 3.80. The minimum atomic E-state index is -0.303. The Balaban J connectivity index is 0.00000144. The molecule has 78 valence electrons. The number of carbonyl (C=O) groups is 1. The Kier molecular flexibility index (Phi) is 5.33. The number of hydrogen-bond donors (Lipinski definition) is 1.